The van der Waals surface area contributed by atoms with E-state index in [4.69, 9.17) is 14.2 Å². The van der Waals surface area contributed by atoms with Gasteiger partial charge in [0, 0.05) is 5.75 Å². The first-order valence-electron chi connectivity index (χ1n) is 10.7. The van der Waals surface area contributed by atoms with Crippen molar-refractivity contribution in [3.63, 3.8) is 0 Å². The average molecular weight is 474 g/mol. The largest absolute Gasteiger partial charge is 0.497 e. The lowest BCUT2D eigenvalue weighted by molar-refractivity contribution is -0.144. The van der Waals surface area contributed by atoms with Gasteiger partial charge in [0.25, 0.3) is 0 Å². The maximum Gasteiger partial charge on any atom is 0.367 e. The summed E-state index contributed by atoms with van der Waals surface area (Å²) < 4.78 is 15.3. The normalized spacial score (nSPS) is 12.5. The summed E-state index contributed by atoms with van der Waals surface area (Å²) in [4.78, 5) is 37.6. The second-order valence-electron chi connectivity index (χ2n) is 7.87. The third kappa shape index (κ3) is 8.81. The van der Waals surface area contributed by atoms with Gasteiger partial charge in [0.2, 0.25) is 5.91 Å². The van der Waals surface area contributed by atoms with Gasteiger partial charge in [-0.15, -0.1) is 0 Å². The van der Waals surface area contributed by atoms with E-state index in [1.807, 2.05) is 56.3 Å². The molecule has 0 fully saturated rings. The van der Waals surface area contributed by atoms with Crippen LogP contribution in [0.4, 0.5) is 4.79 Å². The molecule has 7 nitrogen and oxygen atoms in total. The van der Waals surface area contributed by atoms with Crippen LogP contribution in [0.5, 0.6) is 5.75 Å². The van der Waals surface area contributed by atoms with Crippen molar-refractivity contribution in [1.82, 2.24) is 5.32 Å². The number of nitrogens with one attached hydrogen (secondary N) is 1. The molecule has 0 saturated heterocycles. The highest BCUT2D eigenvalue weighted by Crippen LogP contribution is 2.26. The Morgan fingerprint density at radius 3 is 2.21 bits per heavy atom. The van der Waals surface area contributed by atoms with Gasteiger partial charge in [0.1, 0.15) is 18.4 Å². The third-order valence-corrected chi connectivity index (χ3v) is 5.76. The molecule has 33 heavy (non-hydrogen) atoms. The number of esters is 1. The van der Waals surface area contributed by atoms with E-state index in [0.29, 0.717) is 12.2 Å². The molecule has 0 saturated carbocycles. The summed E-state index contributed by atoms with van der Waals surface area (Å²) in [6.45, 7) is 4.19. The van der Waals surface area contributed by atoms with Crippen LogP contribution in [0.15, 0.2) is 54.6 Å². The van der Waals surface area contributed by atoms with Crippen LogP contribution >= 0.6 is 11.8 Å². The monoisotopic (exact) mass is 473 g/mol. The topological polar surface area (TPSA) is 90.9 Å². The van der Waals surface area contributed by atoms with Crippen molar-refractivity contribution in [1.29, 1.82) is 0 Å². The van der Waals surface area contributed by atoms with E-state index >= 15 is 0 Å². The Bertz CT molecular complexity index is 901. The smallest absolute Gasteiger partial charge is 0.367 e. The molecular weight excluding hydrogens is 442 g/mol. The summed E-state index contributed by atoms with van der Waals surface area (Å²) >= 11 is 0.823. The van der Waals surface area contributed by atoms with Gasteiger partial charge in [-0.25, -0.2) is 9.59 Å². The van der Waals surface area contributed by atoms with Crippen molar-refractivity contribution < 1.29 is 28.6 Å². The van der Waals surface area contributed by atoms with Crippen molar-refractivity contribution in [3.8, 4) is 5.75 Å². The maximum atomic E-state index is 13.1. The van der Waals surface area contributed by atoms with Crippen molar-refractivity contribution in [2.45, 2.75) is 38.8 Å². The first kappa shape index (κ1) is 26.3. The van der Waals surface area contributed by atoms with Crippen LogP contribution in [-0.4, -0.2) is 43.2 Å². The third-order valence-electron chi connectivity index (χ3n) is 4.91. The molecule has 0 bridgehead atoms. The molecule has 8 heteroatoms. The molecule has 0 aliphatic rings. The second-order valence-corrected chi connectivity index (χ2v) is 8.83. The van der Waals surface area contributed by atoms with E-state index in [1.165, 1.54) is 7.11 Å². The fourth-order valence-electron chi connectivity index (χ4n) is 3.19. The number of methoxy groups -OCH3 is 2. The van der Waals surface area contributed by atoms with Gasteiger partial charge >= 0.3 is 11.3 Å². The molecule has 2 atom stereocenters. The summed E-state index contributed by atoms with van der Waals surface area (Å²) in [7, 11) is 2.83. The number of amides is 1. The molecule has 2 aromatic carbocycles. The zero-order chi connectivity index (χ0) is 24.2. The van der Waals surface area contributed by atoms with Crippen LogP contribution < -0.4 is 10.1 Å². The molecule has 0 spiro atoms. The molecule has 1 N–H and O–H groups in total. The molecular formula is C25H31NO6S. The quantitative estimate of drug-likeness (QED) is 0.479. The van der Waals surface area contributed by atoms with Crippen molar-refractivity contribution in [2.24, 2.45) is 5.92 Å². The van der Waals surface area contributed by atoms with E-state index in [-0.39, 0.29) is 24.2 Å². The Morgan fingerprint density at radius 2 is 1.64 bits per heavy atom. The molecule has 178 valence electrons. The molecule has 0 aliphatic heterocycles. The number of carbonyl (C=O) groups is 3. The average Bonchev–Trinajstić information content (AvgIpc) is 2.83. The summed E-state index contributed by atoms with van der Waals surface area (Å²) in [6.07, 6.45) is 0.596. The fourth-order valence-corrected chi connectivity index (χ4v) is 3.86. The number of hydrogen-bond donors (Lipinski definition) is 1. The zero-order valence-corrected chi connectivity index (χ0v) is 20.2. The predicted molar refractivity (Wildman–Crippen MR) is 128 cm³/mol. The fraction of sp³-hybridized carbons (Fsp3) is 0.400. The van der Waals surface area contributed by atoms with Crippen LogP contribution in [0.2, 0.25) is 0 Å². The van der Waals surface area contributed by atoms with Gasteiger partial charge in [0.15, 0.2) is 0 Å². The van der Waals surface area contributed by atoms with E-state index in [0.717, 1.165) is 22.9 Å². The highest BCUT2D eigenvalue weighted by Gasteiger charge is 2.28. The van der Waals surface area contributed by atoms with Crippen LogP contribution in [-0.2, 0) is 25.7 Å². The lowest BCUT2D eigenvalue weighted by Gasteiger charge is -2.23. The number of hydrogen-bond acceptors (Lipinski definition) is 7. The number of rotatable bonds is 11. The SMILES string of the molecule is COC(=O)[C@H](CSC(=O)OCc1ccccc1)NC(=O)C(CC(C)C)c1ccc(OC)cc1. The molecule has 1 amide bonds. The molecule has 0 heterocycles. The van der Waals surface area contributed by atoms with Crippen LogP contribution in [0.1, 0.15) is 37.3 Å². The minimum atomic E-state index is -0.982. The number of benzene rings is 2. The zero-order valence-electron chi connectivity index (χ0n) is 19.4. The highest BCUT2D eigenvalue weighted by atomic mass is 32.2. The standard InChI is InChI=1S/C25H31NO6S/c1-17(2)14-21(19-10-12-20(30-3)13-11-19)23(27)26-22(24(28)31-4)16-33-25(29)32-15-18-8-6-5-7-9-18/h5-13,17,21-22H,14-16H2,1-4H3,(H,26,27)/t21?,22-/m0/s1. The first-order chi connectivity index (χ1) is 15.8. The minimum absolute atomic E-state index is 0.00302. The Morgan fingerprint density at radius 1 is 0.970 bits per heavy atom. The van der Waals surface area contributed by atoms with Crippen LogP contribution in [0.3, 0.4) is 0 Å². The molecule has 0 aliphatic carbocycles. The van der Waals surface area contributed by atoms with E-state index < -0.39 is 23.2 Å². The minimum Gasteiger partial charge on any atom is -0.497 e. The van der Waals surface area contributed by atoms with Crippen molar-refractivity contribution in [2.75, 3.05) is 20.0 Å². The molecule has 0 radical (unpaired) electrons. The summed E-state index contributed by atoms with van der Waals surface area (Å²) in [6, 6.07) is 15.6. The Kier molecular flexibility index (Phi) is 10.8. The molecule has 2 aromatic rings. The van der Waals surface area contributed by atoms with E-state index in [9.17, 15) is 14.4 Å². The lowest BCUT2D eigenvalue weighted by Crippen LogP contribution is -2.45. The highest BCUT2D eigenvalue weighted by molar-refractivity contribution is 8.13. The Labute approximate surface area is 199 Å². The van der Waals surface area contributed by atoms with E-state index in [2.05, 4.69) is 5.32 Å². The molecule has 0 aromatic heterocycles. The van der Waals surface area contributed by atoms with Gasteiger partial charge in [0.05, 0.1) is 20.1 Å². The Hall–Kier alpha value is -3.00. The number of ether oxygens (including phenoxy) is 3. The summed E-state index contributed by atoms with van der Waals surface area (Å²) in [5, 5.41) is 2.22. The van der Waals surface area contributed by atoms with Crippen molar-refractivity contribution >= 4 is 28.9 Å². The lowest BCUT2D eigenvalue weighted by atomic mass is 9.89. The summed E-state index contributed by atoms with van der Waals surface area (Å²) in [5.74, 6) is -0.435. The summed E-state index contributed by atoms with van der Waals surface area (Å²) in [5.41, 5.74) is 1.68. The van der Waals surface area contributed by atoms with Crippen LogP contribution in [0.25, 0.3) is 0 Å². The Balaban J connectivity index is 2.02. The van der Waals surface area contributed by atoms with Crippen molar-refractivity contribution in [3.05, 3.63) is 65.7 Å². The number of thioether (sulfide) groups is 1. The maximum absolute atomic E-state index is 13.1. The van der Waals surface area contributed by atoms with Gasteiger partial charge in [-0.3, -0.25) is 4.79 Å². The number of carbonyl (C=O) groups excluding carboxylic acids is 3. The second kappa shape index (κ2) is 13.5. The predicted octanol–water partition coefficient (Wildman–Crippen LogP) is 4.55. The van der Waals surface area contributed by atoms with Gasteiger partial charge in [-0.2, -0.15) is 0 Å². The molecule has 1 unspecified atom stereocenters. The van der Waals surface area contributed by atoms with E-state index in [1.54, 1.807) is 19.2 Å². The van der Waals surface area contributed by atoms with Gasteiger partial charge in [-0.1, -0.05) is 56.3 Å². The first-order valence-corrected chi connectivity index (χ1v) is 11.7. The van der Waals surface area contributed by atoms with Gasteiger partial charge in [-0.05, 0) is 47.4 Å². The van der Waals surface area contributed by atoms with Crippen LogP contribution in [0, 0.1) is 5.92 Å². The molecule has 2 rings (SSSR count). The van der Waals surface area contributed by atoms with Gasteiger partial charge < -0.3 is 19.5 Å².